The van der Waals surface area contributed by atoms with Gasteiger partial charge in [-0.25, -0.2) is 0 Å². The molecule has 2 radical (unpaired) electrons. The number of halogens is 3. The zero-order valence-corrected chi connectivity index (χ0v) is 66.2. The van der Waals surface area contributed by atoms with Crippen LogP contribution in [0.2, 0.25) is 0 Å². The standard InChI is InChI=1S/2C39H81N3.3ClH.2Cr/c2*1-4-7-10-13-16-19-22-25-28-31-34-39-41(35-32-29-26-23-20-17-14-11-8-5-2)37-40-38-42(39)36-33-30-27-24-21-18-15-12-9-6-3;;;;;/h2*39-40H,4-38H2,1-3H3;3*1H;;/q;;;;;2*+3/p-3. The third-order valence-corrected chi connectivity index (χ3v) is 19.8. The van der Waals surface area contributed by atoms with Crippen molar-refractivity contribution in [3.8, 4) is 0 Å². The molecule has 0 bridgehead atoms. The molecule has 0 aromatic rings. The van der Waals surface area contributed by atoms with Gasteiger partial charge >= 0.3 is 34.7 Å². The maximum atomic E-state index is 3.78. The SMILES string of the molecule is CCCCCCCCCCCCC1N(CCCCCCCCCCCC)CNCN1CCCCCCCCCCCC.CCCCCCCCCCCCC1N(CCCCCCCCCCCC)CNCN1CCCCCCCCCCCC.[Cl-].[Cl-].[Cl-].[Cr+3].[Cr+3]. The minimum Gasteiger partial charge on any atom is -1.00 e. The third kappa shape index (κ3) is 66.7. The summed E-state index contributed by atoms with van der Waals surface area (Å²) in [6.45, 7) is 23.5. The molecule has 0 spiro atoms. The zero-order valence-electron chi connectivity index (χ0n) is 61.4. The third-order valence-electron chi connectivity index (χ3n) is 19.8. The number of rotatable bonds is 66. The summed E-state index contributed by atoms with van der Waals surface area (Å²) < 4.78 is 0. The van der Waals surface area contributed by atoms with Crippen molar-refractivity contribution in [1.82, 2.24) is 30.2 Å². The monoisotopic (exact) mass is 1390 g/mol. The van der Waals surface area contributed by atoms with Gasteiger partial charge < -0.3 is 37.2 Å². The van der Waals surface area contributed by atoms with Crippen molar-refractivity contribution in [2.45, 2.75) is 452 Å². The first-order chi connectivity index (χ1) is 41.7. The van der Waals surface area contributed by atoms with E-state index in [4.69, 9.17) is 0 Å². The predicted octanol–water partition coefficient (Wildman–Crippen LogP) is 16.2. The topological polar surface area (TPSA) is 37.0 Å². The summed E-state index contributed by atoms with van der Waals surface area (Å²) in [6, 6.07) is 0. The fraction of sp³-hybridized carbons (Fsp3) is 1.00. The zero-order chi connectivity index (χ0) is 60.4. The van der Waals surface area contributed by atoms with E-state index in [0.29, 0.717) is 12.3 Å². The number of nitrogens with zero attached hydrogens (tertiary/aromatic N) is 4. The molecule has 2 rings (SSSR count). The van der Waals surface area contributed by atoms with E-state index >= 15 is 0 Å². The van der Waals surface area contributed by atoms with Crippen LogP contribution in [0.5, 0.6) is 0 Å². The van der Waals surface area contributed by atoms with Gasteiger partial charge in [0.15, 0.2) is 0 Å². The van der Waals surface area contributed by atoms with Gasteiger partial charge in [-0.2, -0.15) is 0 Å². The van der Waals surface area contributed by atoms with Crippen LogP contribution in [0.3, 0.4) is 0 Å². The Kier molecular flexibility index (Phi) is 93.7. The van der Waals surface area contributed by atoms with Crippen LogP contribution in [-0.4, -0.2) is 84.8 Å². The Labute approximate surface area is 602 Å². The van der Waals surface area contributed by atoms with E-state index in [9.17, 15) is 0 Å². The summed E-state index contributed by atoms with van der Waals surface area (Å²) in [6.07, 6.45) is 90.3. The molecule has 0 aromatic carbocycles. The quantitative estimate of drug-likeness (QED) is 0.0591. The molecule has 534 valence electrons. The van der Waals surface area contributed by atoms with Crippen molar-refractivity contribution in [3.63, 3.8) is 0 Å². The molecule has 2 aliphatic rings. The molecule has 0 amide bonds. The minimum atomic E-state index is 0. The van der Waals surface area contributed by atoms with Crippen LogP contribution in [0, 0.1) is 0 Å². The van der Waals surface area contributed by atoms with Crippen LogP contribution in [0.4, 0.5) is 0 Å². The molecule has 2 saturated heterocycles. The molecular formula is C78H162Cl3Cr2N6+3. The van der Waals surface area contributed by atoms with Crippen molar-refractivity contribution in [1.29, 1.82) is 0 Å². The van der Waals surface area contributed by atoms with E-state index in [1.165, 1.54) is 424 Å². The molecular weight excluding hydrogens is 1230 g/mol. The Balaban J connectivity index is -0.000000500. The van der Waals surface area contributed by atoms with Crippen LogP contribution in [0.25, 0.3) is 0 Å². The van der Waals surface area contributed by atoms with Crippen LogP contribution >= 0.6 is 0 Å². The maximum Gasteiger partial charge on any atom is 3.00 e. The van der Waals surface area contributed by atoms with E-state index in [1.807, 2.05) is 0 Å². The second-order valence-corrected chi connectivity index (χ2v) is 28.0. The van der Waals surface area contributed by atoms with Crippen molar-refractivity contribution >= 4 is 0 Å². The number of nitrogens with one attached hydrogen (secondary N) is 2. The van der Waals surface area contributed by atoms with Gasteiger partial charge in [0.1, 0.15) is 0 Å². The summed E-state index contributed by atoms with van der Waals surface area (Å²) in [5.41, 5.74) is 0. The van der Waals surface area contributed by atoms with Gasteiger partial charge in [0, 0.05) is 26.2 Å². The average Bonchev–Trinajstić information content (AvgIpc) is 3.20. The summed E-state index contributed by atoms with van der Waals surface area (Å²) in [7, 11) is 0. The Morgan fingerprint density at radius 1 is 0.191 bits per heavy atom. The Hall–Kier alpha value is 1.69. The Morgan fingerprint density at radius 3 is 0.461 bits per heavy atom. The first-order valence-corrected chi connectivity index (χ1v) is 40.0. The fourth-order valence-corrected chi connectivity index (χ4v) is 14.0. The van der Waals surface area contributed by atoms with Crippen LogP contribution in [-0.2, 0) is 34.7 Å². The van der Waals surface area contributed by atoms with Crippen molar-refractivity contribution in [3.05, 3.63) is 0 Å². The first-order valence-electron chi connectivity index (χ1n) is 40.0. The smallest absolute Gasteiger partial charge is 1.00 e. The largest absolute Gasteiger partial charge is 3.00 e. The molecule has 89 heavy (non-hydrogen) atoms. The van der Waals surface area contributed by atoms with Gasteiger partial charge in [-0.3, -0.25) is 30.2 Å². The normalized spacial score (nSPS) is 14.4. The molecule has 0 unspecified atom stereocenters. The molecule has 0 atom stereocenters. The van der Waals surface area contributed by atoms with Crippen LogP contribution in [0.1, 0.15) is 440 Å². The summed E-state index contributed by atoms with van der Waals surface area (Å²) in [5, 5.41) is 7.55. The van der Waals surface area contributed by atoms with E-state index in [-0.39, 0.29) is 71.9 Å². The summed E-state index contributed by atoms with van der Waals surface area (Å²) >= 11 is 0. The molecule has 11 heteroatoms. The van der Waals surface area contributed by atoms with E-state index in [2.05, 4.69) is 71.8 Å². The van der Waals surface area contributed by atoms with Gasteiger partial charge in [0.05, 0.1) is 39.0 Å². The van der Waals surface area contributed by atoms with Crippen LogP contribution in [0.15, 0.2) is 0 Å². The van der Waals surface area contributed by atoms with E-state index in [1.54, 1.807) is 0 Å². The minimum absolute atomic E-state index is 0. The Bertz CT molecular complexity index is 1080. The number of hydrogen-bond donors (Lipinski definition) is 2. The molecule has 2 heterocycles. The Morgan fingerprint density at radius 2 is 0.315 bits per heavy atom. The number of hydrogen-bond acceptors (Lipinski definition) is 6. The molecule has 0 saturated carbocycles. The van der Waals surface area contributed by atoms with Gasteiger partial charge in [0.25, 0.3) is 0 Å². The first kappa shape index (κ1) is 99.4. The van der Waals surface area contributed by atoms with E-state index < -0.39 is 0 Å². The van der Waals surface area contributed by atoms with E-state index in [0.717, 1.165) is 26.7 Å². The molecule has 0 aromatic heterocycles. The molecule has 2 N–H and O–H groups in total. The average molecular weight is 1390 g/mol. The van der Waals surface area contributed by atoms with Gasteiger partial charge in [0.2, 0.25) is 0 Å². The van der Waals surface area contributed by atoms with Gasteiger partial charge in [-0.05, 0) is 38.5 Å². The van der Waals surface area contributed by atoms with Gasteiger partial charge in [-0.1, -0.05) is 401 Å². The molecule has 2 fully saturated rings. The molecule has 6 nitrogen and oxygen atoms in total. The predicted molar refractivity (Wildman–Crippen MR) is 380 cm³/mol. The molecule has 0 aliphatic carbocycles. The van der Waals surface area contributed by atoms with Gasteiger partial charge in [-0.15, -0.1) is 0 Å². The van der Waals surface area contributed by atoms with Crippen molar-refractivity contribution in [2.75, 3.05) is 52.9 Å². The van der Waals surface area contributed by atoms with Crippen molar-refractivity contribution < 1.29 is 71.9 Å². The number of unbranched alkanes of at least 4 members (excludes halogenated alkanes) is 54. The maximum absolute atomic E-state index is 3.78. The fourth-order valence-electron chi connectivity index (χ4n) is 14.0. The molecule has 2 aliphatic heterocycles. The van der Waals surface area contributed by atoms with Crippen molar-refractivity contribution in [2.24, 2.45) is 0 Å². The van der Waals surface area contributed by atoms with Crippen LogP contribution < -0.4 is 47.9 Å². The second-order valence-electron chi connectivity index (χ2n) is 28.0. The summed E-state index contributed by atoms with van der Waals surface area (Å²) in [4.78, 5) is 11.3. The summed E-state index contributed by atoms with van der Waals surface area (Å²) in [5.74, 6) is 0. The second kappa shape index (κ2) is 83.9.